The Hall–Kier alpha value is -2.08. The zero-order valence-electron chi connectivity index (χ0n) is 18.2. The van der Waals surface area contributed by atoms with E-state index in [0.717, 1.165) is 61.1 Å². The van der Waals surface area contributed by atoms with Gasteiger partial charge in [0.05, 0.1) is 25.5 Å². The van der Waals surface area contributed by atoms with Crippen LogP contribution in [0.2, 0.25) is 10.0 Å². The molecule has 1 heterocycles. The van der Waals surface area contributed by atoms with Gasteiger partial charge in [0.15, 0.2) is 0 Å². The monoisotopic (exact) mass is 474 g/mol. The molecule has 1 saturated carbocycles. The maximum Gasteiger partial charge on any atom is 0.233 e. The molecule has 1 aliphatic heterocycles. The number of halogens is 2. The molecular weight excluding hydrogens is 447 g/mol. The summed E-state index contributed by atoms with van der Waals surface area (Å²) in [5.41, 5.74) is 2.97. The molecule has 170 valence electrons. The highest BCUT2D eigenvalue weighted by atomic mass is 35.5. The van der Waals surface area contributed by atoms with Crippen LogP contribution in [0, 0.1) is 11.8 Å². The van der Waals surface area contributed by atoms with Crippen molar-refractivity contribution in [3.63, 3.8) is 0 Å². The Morgan fingerprint density at radius 1 is 1.00 bits per heavy atom. The average molecular weight is 475 g/mol. The van der Waals surface area contributed by atoms with Gasteiger partial charge in [-0.3, -0.25) is 14.5 Å². The second-order valence-corrected chi connectivity index (χ2v) is 9.41. The van der Waals surface area contributed by atoms with Gasteiger partial charge in [-0.05, 0) is 60.7 Å². The summed E-state index contributed by atoms with van der Waals surface area (Å²) >= 11 is 12.2. The number of carbonyl (C=O) groups is 2. The van der Waals surface area contributed by atoms with E-state index in [2.05, 4.69) is 5.32 Å². The second-order valence-electron chi connectivity index (χ2n) is 8.57. The van der Waals surface area contributed by atoms with Crippen LogP contribution in [0.3, 0.4) is 0 Å². The highest BCUT2D eigenvalue weighted by Gasteiger charge is 2.47. The first-order valence-corrected chi connectivity index (χ1v) is 11.9. The summed E-state index contributed by atoms with van der Waals surface area (Å²) in [6.07, 6.45) is 4.49. The maximum absolute atomic E-state index is 12.8. The number of nitrogens with one attached hydrogen (secondary N) is 1. The lowest BCUT2D eigenvalue weighted by atomic mass is 9.81. The highest BCUT2D eigenvalue weighted by molar-refractivity contribution is 6.35. The third kappa shape index (κ3) is 4.95. The van der Waals surface area contributed by atoms with Gasteiger partial charge >= 0.3 is 0 Å². The standard InChI is InChI=1S/C25H28Cl2N2O3/c1-32-23-9-6-16(15-29-24(30)20-4-2-3-5-21(20)25(29)31)12-17(23)10-11-28-14-18-7-8-19(26)13-22(18)27/h6-9,12-13,20-21,28H,2-5,10-11,14-15H2,1H3. The van der Waals surface area contributed by atoms with Crippen molar-refractivity contribution in [3.8, 4) is 5.75 Å². The van der Waals surface area contributed by atoms with Crippen LogP contribution in [-0.4, -0.2) is 30.4 Å². The van der Waals surface area contributed by atoms with E-state index in [1.54, 1.807) is 13.2 Å². The van der Waals surface area contributed by atoms with Crippen LogP contribution in [0.1, 0.15) is 42.4 Å². The Morgan fingerprint density at radius 2 is 1.72 bits per heavy atom. The first-order chi connectivity index (χ1) is 15.5. The van der Waals surface area contributed by atoms with E-state index in [-0.39, 0.29) is 23.7 Å². The third-order valence-electron chi connectivity index (χ3n) is 6.52. The molecule has 1 saturated heterocycles. The van der Waals surface area contributed by atoms with E-state index < -0.39 is 0 Å². The number of hydrogen-bond acceptors (Lipinski definition) is 4. The predicted octanol–water partition coefficient (Wildman–Crippen LogP) is 5.01. The van der Waals surface area contributed by atoms with Crippen LogP contribution < -0.4 is 10.1 Å². The van der Waals surface area contributed by atoms with Crippen molar-refractivity contribution in [3.05, 3.63) is 63.1 Å². The summed E-state index contributed by atoms with van der Waals surface area (Å²) in [7, 11) is 1.65. The molecule has 2 amide bonds. The molecule has 2 aliphatic rings. The summed E-state index contributed by atoms with van der Waals surface area (Å²) < 4.78 is 5.53. The number of imide groups is 1. The number of benzene rings is 2. The third-order valence-corrected chi connectivity index (χ3v) is 7.11. The van der Waals surface area contributed by atoms with Crippen LogP contribution in [0.15, 0.2) is 36.4 Å². The molecule has 32 heavy (non-hydrogen) atoms. The van der Waals surface area contributed by atoms with Crippen molar-refractivity contribution < 1.29 is 14.3 Å². The lowest BCUT2D eigenvalue weighted by Crippen LogP contribution is -2.30. The van der Waals surface area contributed by atoms with Crippen molar-refractivity contribution in [2.75, 3.05) is 13.7 Å². The fourth-order valence-electron chi connectivity index (χ4n) is 4.81. The number of fused-ring (bicyclic) bond motifs is 1. The van der Waals surface area contributed by atoms with Crippen LogP contribution in [0.4, 0.5) is 0 Å². The second kappa shape index (κ2) is 10.2. The van der Waals surface area contributed by atoms with Crippen LogP contribution in [0.5, 0.6) is 5.75 Å². The molecule has 2 aromatic carbocycles. The van der Waals surface area contributed by atoms with E-state index in [4.69, 9.17) is 27.9 Å². The molecule has 0 bridgehead atoms. The molecule has 2 atom stereocenters. The molecule has 2 aromatic rings. The number of hydrogen-bond donors (Lipinski definition) is 1. The van der Waals surface area contributed by atoms with Gasteiger partial charge in [0.25, 0.3) is 0 Å². The van der Waals surface area contributed by atoms with Crippen molar-refractivity contribution in [2.24, 2.45) is 11.8 Å². The molecule has 0 radical (unpaired) electrons. The molecule has 2 unspecified atom stereocenters. The fraction of sp³-hybridized carbons (Fsp3) is 0.440. The summed E-state index contributed by atoms with van der Waals surface area (Å²) in [5, 5.41) is 4.66. The van der Waals surface area contributed by atoms with E-state index in [0.29, 0.717) is 23.1 Å². The van der Waals surface area contributed by atoms with Gasteiger partial charge in [-0.2, -0.15) is 0 Å². The molecule has 4 rings (SSSR count). The first-order valence-electron chi connectivity index (χ1n) is 11.1. The van der Waals surface area contributed by atoms with E-state index in [9.17, 15) is 9.59 Å². The normalized spacial score (nSPS) is 20.5. The summed E-state index contributed by atoms with van der Waals surface area (Å²) in [5.74, 6) is 0.570. The predicted molar refractivity (Wildman–Crippen MR) is 126 cm³/mol. The Labute approximate surface area is 199 Å². The number of nitrogens with zero attached hydrogens (tertiary/aromatic N) is 1. The molecule has 5 nitrogen and oxygen atoms in total. The fourth-order valence-corrected chi connectivity index (χ4v) is 5.28. The molecule has 1 N–H and O–H groups in total. The molecule has 0 aromatic heterocycles. The SMILES string of the molecule is COc1ccc(CN2C(=O)C3CCCCC3C2=O)cc1CCNCc1ccc(Cl)cc1Cl. The zero-order valence-corrected chi connectivity index (χ0v) is 19.7. The van der Waals surface area contributed by atoms with Gasteiger partial charge in [0, 0.05) is 16.6 Å². The van der Waals surface area contributed by atoms with Crippen molar-refractivity contribution in [1.29, 1.82) is 0 Å². The van der Waals surface area contributed by atoms with Crippen LogP contribution in [0.25, 0.3) is 0 Å². The first kappa shape index (κ1) is 23.1. The Bertz CT molecular complexity index is 987. The number of methoxy groups -OCH3 is 1. The van der Waals surface area contributed by atoms with Gasteiger partial charge in [-0.15, -0.1) is 0 Å². The molecular formula is C25H28Cl2N2O3. The minimum atomic E-state index is -0.113. The van der Waals surface area contributed by atoms with E-state index in [1.807, 2.05) is 30.3 Å². The Balaban J connectivity index is 1.39. The molecule has 1 aliphatic carbocycles. The van der Waals surface area contributed by atoms with Gasteiger partial charge in [0.2, 0.25) is 11.8 Å². The summed E-state index contributed by atoms with van der Waals surface area (Å²) in [4.78, 5) is 27.1. The topological polar surface area (TPSA) is 58.6 Å². The quantitative estimate of drug-likeness (QED) is 0.431. The summed E-state index contributed by atoms with van der Waals surface area (Å²) in [6, 6.07) is 11.4. The lowest BCUT2D eigenvalue weighted by molar-refractivity contribution is -0.140. The lowest BCUT2D eigenvalue weighted by Gasteiger charge is -2.19. The smallest absolute Gasteiger partial charge is 0.233 e. The van der Waals surface area contributed by atoms with Crippen molar-refractivity contribution in [2.45, 2.75) is 45.2 Å². The zero-order chi connectivity index (χ0) is 22.7. The van der Waals surface area contributed by atoms with Gasteiger partial charge < -0.3 is 10.1 Å². The minimum absolute atomic E-state index is 0.00132. The van der Waals surface area contributed by atoms with Crippen LogP contribution in [-0.2, 0) is 29.1 Å². The molecule has 2 fully saturated rings. The van der Waals surface area contributed by atoms with Crippen molar-refractivity contribution in [1.82, 2.24) is 10.2 Å². The number of carbonyl (C=O) groups excluding carboxylic acids is 2. The number of rotatable bonds is 8. The average Bonchev–Trinajstić information content (AvgIpc) is 3.03. The van der Waals surface area contributed by atoms with Crippen LogP contribution >= 0.6 is 23.2 Å². The van der Waals surface area contributed by atoms with Gasteiger partial charge in [-0.1, -0.05) is 54.2 Å². The Kier molecular flexibility index (Phi) is 7.39. The van der Waals surface area contributed by atoms with E-state index >= 15 is 0 Å². The number of amides is 2. The van der Waals surface area contributed by atoms with Crippen molar-refractivity contribution >= 4 is 35.0 Å². The Morgan fingerprint density at radius 3 is 2.38 bits per heavy atom. The minimum Gasteiger partial charge on any atom is -0.496 e. The molecule has 7 heteroatoms. The van der Waals surface area contributed by atoms with Gasteiger partial charge in [-0.25, -0.2) is 0 Å². The number of ether oxygens (including phenoxy) is 1. The number of likely N-dealkylation sites (tertiary alicyclic amines) is 1. The molecule has 0 spiro atoms. The summed E-state index contributed by atoms with van der Waals surface area (Å²) in [6.45, 7) is 1.69. The van der Waals surface area contributed by atoms with E-state index in [1.165, 1.54) is 4.90 Å². The maximum atomic E-state index is 12.8. The highest BCUT2D eigenvalue weighted by Crippen LogP contribution is 2.38. The largest absolute Gasteiger partial charge is 0.496 e. The van der Waals surface area contributed by atoms with Gasteiger partial charge in [0.1, 0.15) is 5.75 Å².